The van der Waals surface area contributed by atoms with Crippen LogP contribution in [0.4, 0.5) is 0 Å². The molecular weight excluding hydrogens is 344 g/mol. The third kappa shape index (κ3) is 5.22. The van der Waals surface area contributed by atoms with Crippen LogP contribution in [0.3, 0.4) is 0 Å². The molecule has 1 N–H and O–H groups in total. The van der Waals surface area contributed by atoms with E-state index in [0.29, 0.717) is 5.02 Å². The molecule has 0 aliphatic heterocycles. The van der Waals surface area contributed by atoms with Gasteiger partial charge in [-0.2, -0.15) is 0 Å². The molecule has 1 aromatic heterocycles. The van der Waals surface area contributed by atoms with Gasteiger partial charge < -0.3 is 15.0 Å². The van der Waals surface area contributed by atoms with Crippen LogP contribution in [0.25, 0.3) is 5.69 Å². The van der Waals surface area contributed by atoms with Gasteiger partial charge in [-0.3, -0.25) is 9.59 Å². The average molecular weight is 365 g/mol. The monoisotopic (exact) mass is 364 g/mol. The molecule has 0 bridgehead atoms. The van der Waals surface area contributed by atoms with Crippen molar-refractivity contribution in [2.45, 2.75) is 19.4 Å². The van der Waals surface area contributed by atoms with Gasteiger partial charge in [0.2, 0.25) is 5.91 Å². The summed E-state index contributed by atoms with van der Waals surface area (Å²) >= 11 is 6.13. The number of halogens is 1. The summed E-state index contributed by atoms with van der Waals surface area (Å²) < 4.78 is 7.12. The van der Waals surface area contributed by atoms with Crippen LogP contribution in [0, 0.1) is 0 Å². The van der Waals surface area contributed by atoms with Gasteiger partial charge in [0.1, 0.15) is 5.02 Å². The number of nitrogens with zero attached hydrogens (tertiary/aromatic N) is 3. The first-order valence-electron chi connectivity index (χ1n) is 7.83. The first kappa shape index (κ1) is 18.8. The van der Waals surface area contributed by atoms with Crippen molar-refractivity contribution < 1.29 is 14.3 Å². The molecule has 0 radical (unpaired) electrons. The van der Waals surface area contributed by atoms with E-state index in [2.05, 4.69) is 10.4 Å². The maximum Gasteiger partial charge on any atom is 0.260 e. The molecular formula is C17H21ClN4O3. The van der Waals surface area contributed by atoms with Crippen molar-refractivity contribution in [3.8, 4) is 11.6 Å². The number of hydrogen-bond acceptors (Lipinski definition) is 4. The first-order chi connectivity index (χ1) is 11.9. The van der Waals surface area contributed by atoms with Crippen LogP contribution in [0.15, 0.2) is 36.5 Å². The molecule has 0 saturated carbocycles. The van der Waals surface area contributed by atoms with E-state index in [1.54, 1.807) is 31.9 Å². The number of carbonyl (C=O) groups excluding carboxylic acids is 2. The molecule has 7 nitrogen and oxygen atoms in total. The highest BCUT2D eigenvalue weighted by Crippen LogP contribution is 2.24. The van der Waals surface area contributed by atoms with Crippen molar-refractivity contribution >= 4 is 23.4 Å². The lowest BCUT2D eigenvalue weighted by Gasteiger charge is -2.14. The molecule has 0 spiro atoms. The standard InChI is InChI=1S/C17H21ClN4O3/c1-12(16(24)19-10-9-15(23)21(2)3)25-17-14(18)11-22(20-17)13-7-5-4-6-8-13/h4-8,11-12H,9-10H2,1-3H3,(H,19,24). The van der Waals surface area contributed by atoms with Crippen LogP contribution in [-0.4, -0.2) is 53.2 Å². The van der Waals surface area contributed by atoms with Crippen molar-refractivity contribution in [3.05, 3.63) is 41.6 Å². The zero-order valence-electron chi connectivity index (χ0n) is 14.4. The van der Waals surface area contributed by atoms with Crippen LogP contribution in [0.1, 0.15) is 13.3 Å². The summed E-state index contributed by atoms with van der Waals surface area (Å²) in [6, 6.07) is 9.43. The summed E-state index contributed by atoms with van der Waals surface area (Å²) in [5.41, 5.74) is 0.832. The highest BCUT2D eigenvalue weighted by molar-refractivity contribution is 6.31. The van der Waals surface area contributed by atoms with Crippen molar-refractivity contribution in [1.82, 2.24) is 20.0 Å². The fraction of sp³-hybridized carbons (Fsp3) is 0.353. The first-order valence-corrected chi connectivity index (χ1v) is 8.21. The maximum absolute atomic E-state index is 12.0. The van der Waals surface area contributed by atoms with Gasteiger partial charge in [0.05, 0.1) is 11.9 Å². The second-order valence-corrected chi connectivity index (χ2v) is 6.06. The summed E-state index contributed by atoms with van der Waals surface area (Å²) in [5.74, 6) is -0.215. The van der Waals surface area contributed by atoms with Gasteiger partial charge in [-0.15, -0.1) is 5.10 Å². The molecule has 134 valence electrons. The number of nitrogens with one attached hydrogen (secondary N) is 1. The Hall–Kier alpha value is -2.54. The molecule has 8 heteroatoms. The van der Waals surface area contributed by atoms with Crippen LogP contribution >= 0.6 is 11.6 Å². The minimum absolute atomic E-state index is 0.0569. The van der Waals surface area contributed by atoms with E-state index in [1.807, 2.05) is 30.3 Å². The molecule has 25 heavy (non-hydrogen) atoms. The van der Waals surface area contributed by atoms with E-state index < -0.39 is 6.10 Å². The van der Waals surface area contributed by atoms with Gasteiger partial charge in [0, 0.05) is 27.1 Å². The highest BCUT2D eigenvalue weighted by Gasteiger charge is 2.19. The lowest BCUT2D eigenvalue weighted by molar-refractivity contribution is -0.129. The molecule has 1 aromatic carbocycles. The van der Waals surface area contributed by atoms with Crippen LogP contribution < -0.4 is 10.1 Å². The molecule has 0 saturated heterocycles. The lowest BCUT2D eigenvalue weighted by atomic mass is 10.3. The number of aromatic nitrogens is 2. The largest absolute Gasteiger partial charge is 0.462 e. The summed E-state index contributed by atoms with van der Waals surface area (Å²) in [6.07, 6.45) is 1.06. The Kier molecular flexibility index (Phi) is 6.41. The average Bonchev–Trinajstić information content (AvgIpc) is 2.96. The number of ether oxygens (including phenoxy) is 1. The molecule has 1 atom stereocenters. The van der Waals surface area contributed by atoms with Gasteiger partial charge >= 0.3 is 0 Å². The molecule has 0 aliphatic rings. The van der Waals surface area contributed by atoms with Crippen LogP contribution in [0.2, 0.25) is 5.02 Å². The topological polar surface area (TPSA) is 76.5 Å². The van der Waals surface area contributed by atoms with Crippen molar-refractivity contribution in [1.29, 1.82) is 0 Å². The Morgan fingerprint density at radius 1 is 1.32 bits per heavy atom. The number of benzene rings is 1. The third-order valence-electron chi connectivity index (χ3n) is 3.45. The van der Waals surface area contributed by atoms with Gasteiger partial charge in [0.25, 0.3) is 11.8 Å². The second kappa shape index (κ2) is 8.53. The summed E-state index contributed by atoms with van der Waals surface area (Å²) in [4.78, 5) is 25.0. The van der Waals surface area contributed by atoms with Gasteiger partial charge in [-0.1, -0.05) is 29.8 Å². The molecule has 2 rings (SSSR count). The normalized spacial score (nSPS) is 11.7. The fourth-order valence-corrected chi connectivity index (χ4v) is 2.19. The van der Waals surface area contributed by atoms with Gasteiger partial charge in [-0.05, 0) is 19.1 Å². The molecule has 2 amide bonds. The van der Waals surface area contributed by atoms with E-state index in [0.717, 1.165) is 5.69 Å². The Morgan fingerprint density at radius 3 is 2.64 bits per heavy atom. The summed E-state index contributed by atoms with van der Waals surface area (Å²) in [5, 5.41) is 7.22. The number of rotatable bonds is 7. The van der Waals surface area contributed by atoms with Crippen LogP contribution in [0.5, 0.6) is 5.88 Å². The predicted octanol–water partition coefficient (Wildman–Crippen LogP) is 1.89. The minimum Gasteiger partial charge on any atom is -0.462 e. The second-order valence-electron chi connectivity index (χ2n) is 5.65. The van der Waals surface area contributed by atoms with E-state index in [4.69, 9.17) is 16.3 Å². The Balaban J connectivity index is 1.92. The number of para-hydroxylation sites is 1. The molecule has 0 aliphatic carbocycles. The number of hydrogen-bond donors (Lipinski definition) is 1. The zero-order valence-corrected chi connectivity index (χ0v) is 15.2. The quantitative estimate of drug-likeness (QED) is 0.814. The Bertz CT molecular complexity index is 731. The number of carbonyl (C=O) groups is 2. The SMILES string of the molecule is CC(Oc1nn(-c2ccccc2)cc1Cl)C(=O)NCCC(=O)N(C)C. The van der Waals surface area contributed by atoms with E-state index >= 15 is 0 Å². The summed E-state index contributed by atoms with van der Waals surface area (Å²) in [6.45, 7) is 1.84. The Labute approximate surface area is 151 Å². The van der Waals surface area contributed by atoms with E-state index in [-0.39, 0.29) is 30.7 Å². The summed E-state index contributed by atoms with van der Waals surface area (Å²) in [7, 11) is 3.34. The van der Waals surface area contributed by atoms with Crippen LogP contribution in [-0.2, 0) is 9.59 Å². The highest BCUT2D eigenvalue weighted by atomic mass is 35.5. The molecule has 0 fully saturated rings. The Morgan fingerprint density at radius 2 is 2.00 bits per heavy atom. The lowest BCUT2D eigenvalue weighted by Crippen LogP contribution is -2.38. The number of amides is 2. The zero-order chi connectivity index (χ0) is 18.4. The molecule has 1 unspecified atom stereocenters. The van der Waals surface area contributed by atoms with Crippen molar-refractivity contribution in [3.63, 3.8) is 0 Å². The fourth-order valence-electron chi connectivity index (χ4n) is 2.01. The third-order valence-corrected chi connectivity index (χ3v) is 3.71. The van der Waals surface area contributed by atoms with Gasteiger partial charge in [-0.25, -0.2) is 4.68 Å². The minimum atomic E-state index is -0.786. The predicted molar refractivity (Wildman–Crippen MR) is 95.0 cm³/mol. The van der Waals surface area contributed by atoms with Crippen molar-refractivity contribution in [2.24, 2.45) is 0 Å². The van der Waals surface area contributed by atoms with Crippen molar-refractivity contribution in [2.75, 3.05) is 20.6 Å². The maximum atomic E-state index is 12.0. The molecule has 1 heterocycles. The smallest absolute Gasteiger partial charge is 0.260 e. The van der Waals surface area contributed by atoms with Gasteiger partial charge in [0.15, 0.2) is 6.10 Å². The van der Waals surface area contributed by atoms with E-state index in [1.165, 1.54) is 4.90 Å². The van der Waals surface area contributed by atoms with E-state index in [9.17, 15) is 9.59 Å². The molecule has 2 aromatic rings.